The summed E-state index contributed by atoms with van der Waals surface area (Å²) in [5.41, 5.74) is 3.50. The van der Waals surface area contributed by atoms with E-state index in [0.717, 1.165) is 29.4 Å². The van der Waals surface area contributed by atoms with Gasteiger partial charge in [-0.15, -0.1) is 0 Å². The van der Waals surface area contributed by atoms with Crippen molar-refractivity contribution in [1.82, 2.24) is 0 Å². The fourth-order valence-corrected chi connectivity index (χ4v) is 4.73. The minimum atomic E-state index is -2.78. The molecule has 1 aliphatic carbocycles. The van der Waals surface area contributed by atoms with Crippen LogP contribution in [0.2, 0.25) is 0 Å². The van der Waals surface area contributed by atoms with Gasteiger partial charge in [-0.25, -0.2) is 0 Å². The number of unbranched alkanes of at least 4 members (excludes halogenated alkanes) is 3. The van der Waals surface area contributed by atoms with E-state index in [1.807, 2.05) is 12.1 Å². The van der Waals surface area contributed by atoms with Crippen molar-refractivity contribution in [3.8, 4) is 16.9 Å². The number of alkyl halides is 2. The predicted molar refractivity (Wildman–Crippen MR) is 121 cm³/mol. The number of halogens is 2. The maximum absolute atomic E-state index is 12.3. The molecule has 0 heterocycles. The quantitative estimate of drug-likeness (QED) is 0.334. The van der Waals surface area contributed by atoms with Gasteiger partial charge in [0.25, 0.3) is 0 Å². The van der Waals surface area contributed by atoms with Gasteiger partial charge >= 0.3 is 6.61 Å². The molecule has 0 amide bonds. The molecule has 2 aromatic rings. The van der Waals surface area contributed by atoms with Crippen molar-refractivity contribution in [2.45, 2.75) is 84.2 Å². The van der Waals surface area contributed by atoms with Gasteiger partial charge in [0.15, 0.2) is 0 Å². The second kappa shape index (κ2) is 12.1. The zero-order valence-corrected chi connectivity index (χ0v) is 18.3. The molecule has 164 valence electrons. The van der Waals surface area contributed by atoms with Crippen molar-refractivity contribution in [2.75, 3.05) is 0 Å². The second-order valence-corrected chi connectivity index (χ2v) is 8.87. The molecule has 3 rings (SSSR count). The van der Waals surface area contributed by atoms with E-state index in [-0.39, 0.29) is 5.75 Å². The van der Waals surface area contributed by atoms with Crippen LogP contribution in [-0.2, 0) is 6.42 Å². The molecular weight excluding hydrogens is 378 g/mol. The van der Waals surface area contributed by atoms with Crippen LogP contribution in [0.15, 0.2) is 48.5 Å². The summed E-state index contributed by atoms with van der Waals surface area (Å²) in [7, 11) is 0. The molecular formula is C27H36F2O. The van der Waals surface area contributed by atoms with E-state index in [2.05, 4.69) is 35.9 Å². The van der Waals surface area contributed by atoms with E-state index in [1.165, 1.54) is 69.8 Å². The summed E-state index contributed by atoms with van der Waals surface area (Å²) in [6.45, 7) is -0.499. The number of hydrogen-bond acceptors (Lipinski definition) is 1. The molecule has 0 aromatic heterocycles. The molecule has 0 aliphatic heterocycles. The maximum Gasteiger partial charge on any atom is 0.387 e. The first kappa shape index (κ1) is 22.8. The first-order valence-corrected chi connectivity index (χ1v) is 11.8. The van der Waals surface area contributed by atoms with E-state index in [0.29, 0.717) is 0 Å². The Labute approximate surface area is 180 Å². The Morgan fingerprint density at radius 2 is 1.33 bits per heavy atom. The predicted octanol–water partition coefficient (Wildman–Crippen LogP) is 8.66. The zero-order valence-electron chi connectivity index (χ0n) is 18.3. The van der Waals surface area contributed by atoms with Gasteiger partial charge in [-0.3, -0.25) is 0 Å². The number of hydrogen-bond donors (Lipinski definition) is 0. The van der Waals surface area contributed by atoms with Crippen molar-refractivity contribution in [1.29, 1.82) is 0 Å². The summed E-state index contributed by atoms with van der Waals surface area (Å²) < 4.78 is 29.0. The lowest BCUT2D eigenvalue weighted by molar-refractivity contribution is -0.0498. The normalized spacial score (nSPS) is 19.2. The number of aryl methyl sites for hydroxylation is 1. The lowest BCUT2D eigenvalue weighted by atomic mass is 9.77. The van der Waals surface area contributed by atoms with Gasteiger partial charge in [0.05, 0.1) is 0 Å². The van der Waals surface area contributed by atoms with Crippen molar-refractivity contribution in [2.24, 2.45) is 11.8 Å². The average Bonchev–Trinajstić information content (AvgIpc) is 2.77. The van der Waals surface area contributed by atoms with E-state index >= 15 is 0 Å². The van der Waals surface area contributed by atoms with Crippen LogP contribution in [0.5, 0.6) is 5.75 Å². The minimum absolute atomic E-state index is 0.195. The minimum Gasteiger partial charge on any atom is -0.435 e. The van der Waals surface area contributed by atoms with Crippen LogP contribution in [0, 0.1) is 11.8 Å². The summed E-state index contributed by atoms with van der Waals surface area (Å²) in [5.74, 6) is 2.06. The van der Waals surface area contributed by atoms with E-state index < -0.39 is 6.61 Å². The maximum atomic E-state index is 12.3. The SMILES string of the molecule is CCCCCC[C@H]1CC[C@H](CCc2ccc(-c3ccc(OC(F)F)cc3)cc2)CC1. The van der Waals surface area contributed by atoms with Crippen LogP contribution in [0.4, 0.5) is 8.78 Å². The number of ether oxygens (including phenoxy) is 1. The smallest absolute Gasteiger partial charge is 0.387 e. The molecule has 0 N–H and O–H groups in total. The van der Waals surface area contributed by atoms with Crippen LogP contribution in [0.1, 0.15) is 76.7 Å². The van der Waals surface area contributed by atoms with Crippen molar-refractivity contribution in [3.63, 3.8) is 0 Å². The molecule has 1 saturated carbocycles. The molecule has 30 heavy (non-hydrogen) atoms. The Morgan fingerprint density at radius 3 is 1.90 bits per heavy atom. The Bertz CT molecular complexity index is 716. The van der Waals surface area contributed by atoms with Crippen LogP contribution in [0.25, 0.3) is 11.1 Å². The molecule has 0 bridgehead atoms. The standard InChI is InChI=1S/C27H36F2O/c1-2-3-4-5-6-21-7-9-22(10-8-21)11-12-23-13-15-24(16-14-23)25-17-19-26(20-18-25)30-27(28)29/h13-22,27H,2-12H2,1H3/t21-,22-. The van der Waals surface area contributed by atoms with Crippen molar-refractivity contribution < 1.29 is 13.5 Å². The molecule has 1 fully saturated rings. The lowest BCUT2D eigenvalue weighted by Gasteiger charge is -2.28. The Kier molecular flexibility index (Phi) is 9.17. The van der Waals surface area contributed by atoms with Gasteiger partial charge in [0.2, 0.25) is 0 Å². The first-order chi connectivity index (χ1) is 14.6. The highest BCUT2D eigenvalue weighted by Crippen LogP contribution is 2.34. The summed E-state index contributed by atoms with van der Waals surface area (Å²) in [6.07, 6.45) is 15.1. The molecule has 0 atom stereocenters. The zero-order chi connectivity index (χ0) is 21.2. The molecule has 1 nitrogen and oxygen atoms in total. The van der Waals surface area contributed by atoms with Crippen molar-refractivity contribution >= 4 is 0 Å². The van der Waals surface area contributed by atoms with E-state index in [1.54, 1.807) is 12.1 Å². The average molecular weight is 415 g/mol. The highest BCUT2D eigenvalue weighted by atomic mass is 19.3. The highest BCUT2D eigenvalue weighted by Gasteiger charge is 2.20. The Hall–Kier alpha value is -1.90. The third-order valence-electron chi connectivity index (χ3n) is 6.64. The number of benzene rings is 2. The molecule has 0 unspecified atom stereocenters. The molecule has 0 saturated heterocycles. The van der Waals surface area contributed by atoms with E-state index in [4.69, 9.17) is 0 Å². The largest absolute Gasteiger partial charge is 0.435 e. The molecule has 3 heteroatoms. The number of rotatable bonds is 11. The summed E-state index contributed by atoms with van der Waals surface area (Å²) >= 11 is 0. The topological polar surface area (TPSA) is 9.23 Å². The summed E-state index contributed by atoms with van der Waals surface area (Å²) in [4.78, 5) is 0. The first-order valence-electron chi connectivity index (χ1n) is 11.8. The van der Waals surface area contributed by atoms with Gasteiger partial charge < -0.3 is 4.74 Å². The van der Waals surface area contributed by atoms with Crippen LogP contribution >= 0.6 is 0 Å². The Morgan fingerprint density at radius 1 is 0.767 bits per heavy atom. The van der Waals surface area contributed by atoms with Gasteiger partial charge in [0, 0.05) is 0 Å². The van der Waals surface area contributed by atoms with Crippen LogP contribution < -0.4 is 4.74 Å². The van der Waals surface area contributed by atoms with Gasteiger partial charge in [-0.2, -0.15) is 8.78 Å². The molecule has 1 aliphatic rings. The van der Waals surface area contributed by atoms with Crippen LogP contribution in [0.3, 0.4) is 0 Å². The summed E-state index contributed by atoms with van der Waals surface area (Å²) in [6, 6.07) is 15.5. The van der Waals surface area contributed by atoms with Gasteiger partial charge in [-0.1, -0.05) is 101 Å². The Balaban J connectivity index is 1.40. The fourth-order valence-electron chi connectivity index (χ4n) is 4.73. The monoisotopic (exact) mass is 414 g/mol. The van der Waals surface area contributed by atoms with Crippen LogP contribution in [-0.4, -0.2) is 6.61 Å². The second-order valence-electron chi connectivity index (χ2n) is 8.87. The molecule has 2 aromatic carbocycles. The highest BCUT2D eigenvalue weighted by molar-refractivity contribution is 5.64. The lowest BCUT2D eigenvalue weighted by Crippen LogP contribution is -2.15. The third-order valence-corrected chi connectivity index (χ3v) is 6.64. The van der Waals surface area contributed by atoms with E-state index in [9.17, 15) is 8.78 Å². The van der Waals surface area contributed by atoms with Crippen molar-refractivity contribution in [3.05, 3.63) is 54.1 Å². The van der Waals surface area contributed by atoms with Gasteiger partial charge in [0.1, 0.15) is 5.75 Å². The van der Waals surface area contributed by atoms with Gasteiger partial charge in [-0.05, 0) is 53.5 Å². The molecule has 0 spiro atoms. The third kappa shape index (κ3) is 7.41. The molecule has 0 radical (unpaired) electrons. The fraction of sp³-hybridized carbons (Fsp3) is 0.556. The summed E-state index contributed by atoms with van der Waals surface area (Å²) in [5, 5.41) is 0.